The highest BCUT2D eigenvalue weighted by Crippen LogP contribution is 2.29. The van der Waals surface area contributed by atoms with E-state index in [1.54, 1.807) is 11.7 Å². The van der Waals surface area contributed by atoms with Crippen molar-refractivity contribution < 1.29 is 0 Å². The molecular formula is C13H8BrN3S2. The van der Waals surface area contributed by atoms with Gasteiger partial charge in [-0.15, -0.1) is 11.3 Å². The van der Waals surface area contributed by atoms with Crippen molar-refractivity contribution in [3.8, 4) is 22.0 Å². The molecule has 0 fully saturated rings. The van der Waals surface area contributed by atoms with Crippen LogP contribution in [0.3, 0.4) is 0 Å². The fourth-order valence-electron chi connectivity index (χ4n) is 1.71. The maximum Gasteiger partial charge on any atom is 0.151 e. The second-order valence-electron chi connectivity index (χ2n) is 3.81. The molecule has 0 aliphatic carbocycles. The van der Waals surface area contributed by atoms with Crippen LogP contribution in [-0.4, -0.2) is 15.0 Å². The Kier molecular flexibility index (Phi) is 3.54. The Morgan fingerprint density at radius 3 is 2.68 bits per heavy atom. The van der Waals surface area contributed by atoms with Gasteiger partial charge in [0.1, 0.15) is 4.64 Å². The second kappa shape index (κ2) is 5.32. The number of aromatic amines is 1. The third kappa shape index (κ3) is 2.51. The van der Waals surface area contributed by atoms with Crippen LogP contribution in [0.5, 0.6) is 0 Å². The van der Waals surface area contributed by atoms with Gasteiger partial charge in [-0.1, -0.05) is 42.5 Å². The zero-order valence-corrected chi connectivity index (χ0v) is 12.8. The molecule has 1 aromatic carbocycles. The Morgan fingerprint density at radius 2 is 2.00 bits per heavy atom. The van der Waals surface area contributed by atoms with Gasteiger partial charge in [-0.3, -0.25) is 4.98 Å². The Balaban J connectivity index is 2.23. The molecule has 0 aliphatic heterocycles. The van der Waals surface area contributed by atoms with Crippen LogP contribution in [0, 0.1) is 4.64 Å². The van der Waals surface area contributed by atoms with E-state index in [0.29, 0.717) is 4.64 Å². The lowest BCUT2D eigenvalue weighted by Crippen LogP contribution is -1.93. The fraction of sp³-hybridized carbons (Fsp3) is 0. The Labute approximate surface area is 127 Å². The summed E-state index contributed by atoms with van der Waals surface area (Å²) >= 11 is 10.3. The van der Waals surface area contributed by atoms with Crippen LogP contribution in [-0.2, 0) is 0 Å². The minimum absolute atomic E-state index is 0.543. The number of aromatic nitrogens is 3. The van der Waals surface area contributed by atoms with E-state index in [4.69, 9.17) is 12.2 Å². The molecule has 2 aromatic heterocycles. The van der Waals surface area contributed by atoms with Crippen LogP contribution in [0.15, 0.2) is 46.5 Å². The first-order valence-corrected chi connectivity index (χ1v) is 7.58. The van der Waals surface area contributed by atoms with Gasteiger partial charge in [-0.25, -0.2) is 4.98 Å². The second-order valence-corrected chi connectivity index (χ2v) is 5.88. The van der Waals surface area contributed by atoms with Gasteiger partial charge in [0.2, 0.25) is 0 Å². The molecule has 3 nitrogen and oxygen atoms in total. The highest BCUT2D eigenvalue weighted by Gasteiger charge is 2.10. The molecule has 6 heteroatoms. The molecule has 3 aromatic rings. The third-order valence-electron chi connectivity index (χ3n) is 2.59. The predicted octanol–water partition coefficient (Wildman–Crippen LogP) is 4.69. The summed E-state index contributed by atoms with van der Waals surface area (Å²) in [5.41, 5.74) is 3.77. The molecule has 0 aliphatic rings. The summed E-state index contributed by atoms with van der Waals surface area (Å²) in [7, 11) is 0. The molecule has 0 atom stereocenters. The van der Waals surface area contributed by atoms with E-state index < -0.39 is 0 Å². The number of hydrogen-bond acceptors (Lipinski definition) is 4. The molecule has 0 bridgehead atoms. The van der Waals surface area contributed by atoms with Gasteiger partial charge < -0.3 is 4.98 Å². The molecule has 0 saturated heterocycles. The summed E-state index contributed by atoms with van der Waals surface area (Å²) in [5.74, 6) is 0.745. The number of nitrogens with zero attached hydrogens (tertiary/aromatic N) is 2. The average molecular weight is 350 g/mol. The first-order chi connectivity index (χ1) is 9.25. The van der Waals surface area contributed by atoms with Gasteiger partial charge >= 0.3 is 0 Å². The van der Waals surface area contributed by atoms with Gasteiger partial charge in [0, 0.05) is 6.20 Å². The Bertz CT molecular complexity index is 751. The van der Waals surface area contributed by atoms with E-state index in [2.05, 4.69) is 30.9 Å². The summed E-state index contributed by atoms with van der Waals surface area (Å²) in [6.07, 6.45) is 1.78. The topological polar surface area (TPSA) is 41.6 Å². The quantitative estimate of drug-likeness (QED) is 0.682. The summed E-state index contributed by atoms with van der Waals surface area (Å²) in [4.78, 5) is 12.7. The highest BCUT2D eigenvalue weighted by molar-refractivity contribution is 9.10. The minimum Gasteiger partial charge on any atom is -0.337 e. The molecule has 94 valence electrons. The maximum atomic E-state index is 5.31. The monoisotopic (exact) mass is 349 g/mol. The van der Waals surface area contributed by atoms with Gasteiger partial charge in [0.15, 0.2) is 5.82 Å². The lowest BCUT2D eigenvalue weighted by Gasteiger charge is -2.07. The summed E-state index contributed by atoms with van der Waals surface area (Å²) < 4.78 is 1.35. The third-order valence-corrected chi connectivity index (χ3v) is 4.70. The number of hydrogen-bond donors (Lipinski definition) is 1. The van der Waals surface area contributed by atoms with Crippen LogP contribution >= 0.6 is 39.5 Å². The van der Waals surface area contributed by atoms with Crippen molar-refractivity contribution in [3.05, 3.63) is 51.2 Å². The van der Waals surface area contributed by atoms with E-state index in [1.165, 1.54) is 11.3 Å². The normalized spacial score (nSPS) is 10.6. The molecule has 0 spiro atoms. The first-order valence-electron chi connectivity index (χ1n) is 5.50. The van der Waals surface area contributed by atoms with Crippen LogP contribution in [0.1, 0.15) is 0 Å². The van der Waals surface area contributed by atoms with Crippen molar-refractivity contribution in [1.82, 2.24) is 15.0 Å². The lowest BCUT2D eigenvalue weighted by molar-refractivity contribution is 1.15. The molecule has 2 heterocycles. The number of H-pyrrole nitrogens is 1. The van der Waals surface area contributed by atoms with Crippen LogP contribution < -0.4 is 0 Å². The minimum atomic E-state index is 0.543. The number of thiazole rings is 1. The number of halogens is 1. The number of nitrogens with one attached hydrogen (secondary N) is 1. The lowest BCUT2D eigenvalue weighted by atomic mass is 10.1. The SMILES string of the molecule is S=c1nc(-c2cncs2)[nH]c(-c2ccccc2)c1Br. The molecular weight excluding hydrogens is 342 g/mol. The highest BCUT2D eigenvalue weighted by atomic mass is 79.9. The molecule has 0 unspecified atom stereocenters. The summed E-state index contributed by atoms with van der Waals surface area (Å²) in [6.45, 7) is 0. The van der Waals surface area contributed by atoms with Gasteiger partial charge in [-0.05, 0) is 21.5 Å². The van der Waals surface area contributed by atoms with Crippen molar-refractivity contribution in [2.24, 2.45) is 0 Å². The molecule has 0 radical (unpaired) electrons. The van der Waals surface area contributed by atoms with E-state index >= 15 is 0 Å². The first kappa shape index (κ1) is 12.7. The maximum absolute atomic E-state index is 5.31. The number of rotatable bonds is 2. The smallest absolute Gasteiger partial charge is 0.151 e. The fourth-order valence-corrected chi connectivity index (χ4v) is 2.89. The number of benzene rings is 1. The van der Waals surface area contributed by atoms with E-state index in [1.807, 2.05) is 30.3 Å². The molecule has 19 heavy (non-hydrogen) atoms. The Hall–Kier alpha value is -1.37. The Morgan fingerprint density at radius 1 is 1.21 bits per heavy atom. The van der Waals surface area contributed by atoms with Gasteiger partial charge in [-0.2, -0.15) is 0 Å². The van der Waals surface area contributed by atoms with E-state index in [0.717, 1.165) is 26.4 Å². The van der Waals surface area contributed by atoms with Crippen molar-refractivity contribution >= 4 is 39.5 Å². The van der Waals surface area contributed by atoms with Crippen LogP contribution in [0.2, 0.25) is 0 Å². The van der Waals surface area contributed by atoms with E-state index in [-0.39, 0.29) is 0 Å². The van der Waals surface area contributed by atoms with Crippen molar-refractivity contribution in [1.29, 1.82) is 0 Å². The van der Waals surface area contributed by atoms with Crippen molar-refractivity contribution in [3.63, 3.8) is 0 Å². The largest absolute Gasteiger partial charge is 0.337 e. The average Bonchev–Trinajstić information content (AvgIpc) is 2.97. The van der Waals surface area contributed by atoms with Crippen molar-refractivity contribution in [2.45, 2.75) is 0 Å². The van der Waals surface area contributed by atoms with Crippen molar-refractivity contribution in [2.75, 3.05) is 0 Å². The zero-order valence-electron chi connectivity index (χ0n) is 9.63. The van der Waals surface area contributed by atoms with Crippen LogP contribution in [0.25, 0.3) is 22.0 Å². The molecule has 3 rings (SSSR count). The molecule has 0 amide bonds. The van der Waals surface area contributed by atoms with Crippen LogP contribution in [0.4, 0.5) is 0 Å². The summed E-state index contributed by atoms with van der Waals surface area (Å²) in [5, 5.41) is 0. The zero-order chi connectivity index (χ0) is 13.2. The predicted molar refractivity (Wildman–Crippen MR) is 83.7 cm³/mol. The molecule has 0 saturated carbocycles. The van der Waals surface area contributed by atoms with E-state index in [9.17, 15) is 0 Å². The van der Waals surface area contributed by atoms with Gasteiger partial charge in [0.25, 0.3) is 0 Å². The van der Waals surface area contributed by atoms with Gasteiger partial charge in [0.05, 0.1) is 20.6 Å². The standard InChI is InChI=1S/C13H8BrN3S2/c14-10-11(8-4-2-1-3-5-8)16-12(17-13(10)18)9-6-15-7-19-9/h1-7H,(H,16,17,18). The molecule has 1 N–H and O–H groups in total. The summed E-state index contributed by atoms with van der Waals surface area (Å²) in [6, 6.07) is 10.0.